The molecule has 0 aliphatic heterocycles. The van der Waals surface area contributed by atoms with Crippen molar-refractivity contribution in [2.75, 3.05) is 0 Å². The van der Waals surface area contributed by atoms with Crippen LogP contribution in [0.25, 0.3) is 0 Å². The summed E-state index contributed by atoms with van der Waals surface area (Å²) in [5.41, 5.74) is 5.76. The molecule has 0 saturated heterocycles. The fourth-order valence-corrected chi connectivity index (χ4v) is 1.66. The van der Waals surface area contributed by atoms with Gasteiger partial charge >= 0.3 is 0 Å². The first-order valence-corrected chi connectivity index (χ1v) is 5.76. The highest BCUT2D eigenvalue weighted by molar-refractivity contribution is 6.30. The maximum Gasteiger partial charge on any atom is 0.250 e. The number of hydrogen-bond acceptors (Lipinski definition) is 3. The van der Waals surface area contributed by atoms with Gasteiger partial charge in [-0.1, -0.05) is 17.7 Å². The largest absolute Gasteiger partial charge is 0.487 e. The lowest BCUT2D eigenvalue weighted by Gasteiger charge is -2.08. The van der Waals surface area contributed by atoms with Gasteiger partial charge in [0.15, 0.2) is 0 Å². The molecule has 0 atom stereocenters. The second-order valence-corrected chi connectivity index (χ2v) is 4.19. The number of rotatable bonds is 4. The Balaban J connectivity index is 2.17. The van der Waals surface area contributed by atoms with E-state index in [0.717, 1.165) is 0 Å². The average molecular weight is 281 g/mol. The number of nitrogens with two attached hydrogens (primary N) is 1. The monoisotopic (exact) mass is 280 g/mol. The first-order chi connectivity index (χ1) is 9.06. The van der Waals surface area contributed by atoms with Crippen molar-refractivity contribution in [3.63, 3.8) is 0 Å². The number of hydrogen-bond donors (Lipinski definition) is 1. The number of aromatic nitrogens is 1. The molecule has 0 radical (unpaired) electrons. The van der Waals surface area contributed by atoms with Gasteiger partial charge in [0, 0.05) is 12.3 Å². The van der Waals surface area contributed by atoms with E-state index in [4.69, 9.17) is 22.1 Å². The van der Waals surface area contributed by atoms with Gasteiger partial charge in [0.2, 0.25) is 0 Å². The van der Waals surface area contributed by atoms with Gasteiger partial charge in [-0.25, -0.2) is 4.39 Å². The van der Waals surface area contributed by atoms with Crippen LogP contribution in [0.2, 0.25) is 5.02 Å². The van der Waals surface area contributed by atoms with Gasteiger partial charge in [0.1, 0.15) is 18.2 Å². The molecule has 2 aromatic rings. The van der Waals surface area contributed by atoms with E-state index < -0.39 is 11.7 Å². The van der Waals surface area contributed by atoms with Gasteiger partial charge in [-0.15, -0.1) is 0 Å². The van der Waals surface area contributed by atoms with Gasteiger partial charge < -0.3 is 10.5 Å². The van der Waals surface area contributed by atoms with E-state index in [1.54, 1.807) is 6.07 Å². The van der Waals surface area contributed by atoms with Crippen LogP contribution in [0.5, 0.6) is 5.75 Å². The zero-order valence-corrected chi connectivity index (χ0v) is 10.5. The van der Waals surface area contributed by atoms with Crippen molar-refractivity contribution in [3.05, 3.63) is 58.6 Å². The Labute approximate surface area is 114 Å². The number of benzene rings is 1. The number of halogens is 2. The third kappa shape index (κ3) is 3.42. The molecule has 0 aliphatic rings. The molecule has 6 heteroatoms. The van der Waals surface area contributed by atoms with E-state index in [9.17, 15) is 9.18 Å². The summed E-state index contributed by atoms with van der Waals surface area (Å²) >= 11 is 5.74. The number of amides is 1. The second-order valence-electron chi connectivity index (χ2n) is 3.76. The zero-order chi connectivity index (χ0) is 13.8. The molecule has 0 unspecified atom stereocenters. The molecule has 1 aromatic heterocycles. The number of primary amides is 1. The van der Waals surface area contributed by atoms with Crippen LogP contribution >= 0.6 is 11.6 Å². The maximum atomic E-state index is 13.0. The normalized spacial score (nSPS) is 10.2. The van der Waals surface area contributed by atoms with Crippen LogP contribution in [-0.4, -0.2) is 10.9 Å². The summed E-state index contributed by atoms with van der Waals surface area (Å²) in [4.78, 5) is 15.2. The molecule has 2 rings (SSSR count). The number of carbonyl (C=O) groups excluding carboxylic acids is 1. The molecule has 1 amide bonds. The summed E-state index contributed by atoms with van der Waals surface area (Å²) in [6.07, 6.45) is 1.39. The van der Waals surface area contributed by atoms with Crippen molar-refractivity contribution in [3.8, 4) is 5.75 Å². The third-order valence-electron chi connectivity index (χ3n) is 2.37. The molecule has 0 saturated carbocycles. The number of ether oxygens (including phenoxy) is 1. The quantitative estimate of drug-likeness (QED) is 0.936. The Kier molecular flexibility index (Phi) is 3.97. The Morgan fingerprint density at radius 1 is 1.42 bits per heavy atom. The minimum absolute atomic E-state index is 0.00110. The predicted octanol–water partition coefficient (Wildman–Crippen LogP) is 2.55. The van der Waals surface area contributed by atoms with E-state index in [1.165, 1.54) is 30.5 Å². The molecule has 4 nitrogen and oxygen atoms in total. The van der Waals surface area contributed by atoms with E-state index in [-0.39, 0.29) is 12.2 Å². The first kappa shape index (κ1) is 13.3. The first-order valence-electron chi connectivity index (χ1n) is 5.39. The minimum Gasteiger partial charge on any atom is -0.487 e. The van der Waals surface area contributed by atoms with Crippen LogP contribution in [0.15, 0.2) is 36.5 Å². The molecule has 19 heavy (non-hydrogen) atoms. The molecule has 0 aliphatic carbocycles. The topological polar surface area (TPSA) is 65.2 Å². The molecular weight excluding hydrogens is 271 g/mol. The number of nitrogens with zero attached hydrogens (tertiary/aromatic N) is 1. The minimum atomic E-state index is -0.646. The lowest BCUT2D eigenvalue weighted by Crippen LogP contribution is -2.16. The molecule has 98 valence electrons. The van der Waals surface area contributed by atoms with Crippen LogP contribution in [0, 0.1) is 5.82 Å². The van der Waals surface area contributed by atoms with Crippen LogP contribution in [0.1, 0.15) is 16.1 Å². The summed E-state index contributed by atoms with van der Waals surface area (Å²) in [7, 11) is 0. The Bertz CT molecular complexity index is 619. The third-order valence-corrected chi connectivity index (χ3v) is 2.58. The predicted molar refractivity (Wildman–Crippen MR) is 68.5 cm³/mol. The highest BCUT2D eigenvalue weighted by Gasteiger charge is 2.11. The zero-order valence-electron chi connectivity index (χ0n) is 9.77. The van der Waals surface area contributed by atoms with Gasteiger partial charge in [-0.05, 0) is 18.2 Å². The fourth-order valence-electron chi connectivity index (χ4n) is 1.50. The second kappa shape index (κ2) is 5.67. The lowest BCUT2D eigenvalue weighted by atomic mass is 10.2. The van der Waals surface area contributed by atoms with E-state index in [1.807, 2.05) is 0 Å². The molecule has 2 N–H and O–H groups in total. The average Bonchev–Trinajstić information content (AvgIpc) is 2.37. The lowest BCUT2D eigenvalue weighted by molar-refractivity contribution is 0.0997. The van der Waals surface area contributed by atoms with E-state index >= 15 is 0 Å². The molecule has 1 aromatic carbocycles. The molecule has 0 spiro atoms. The standard InChI is InChI=1S/C13H10ClFN2O2/c14-8-4-11(13(16)18)12(17-6-8)7-19-10-3-1-2-9(15)5-10/h1-6H,7H2,(H2,16,18). The number of carbonyl (C=O) groups is 1. The van der Waals surface area contributed by atoms with Crippen LogP contribution < -0.4 is 10.5 Å². The Hall–Kier alpha value is -2.14. The summed E-state index contributed by atoms with van der Waals surface area (Å²) in [5, 5.41) is 0.309. The van der Waals surface area contributed by atoms with Crippen molar-refractivity contribution in [2.45, 2.75) is 6.61 Å². The Morgan fingerprint density at radius 2 is 2.21 bits per heavy atom. The van der Waals surface area contributed by atoms with Crippen molar-refractivity contribution >= 4 is 17.5 Å². The molecule has 0 fully saturated rings. The van der Waals surface area contributed by atoms with Crippen LogP contribution in [0.4, 0.5) is 4.39 Å². The van der Waals surface area contributed by atoms with Crippen molar-refractivity contribution < 1.29 is 13.9 Å². The van der Waals surface area contributed by atoms with Gasteiger partial charge in [-0.3, -0.25) is 9.78 Å². The van der Waals surface area contributed by atoms with Crippen molar-refractivity contribution in [1.29, 1.82) is 0 Å². The summed E-state index contributed by atoms with van der Waals surface area (Å²) < 4.78 is 18.3. The van der Waals surface area contributed by atoms with Crippen molar-refractivity contribution in [1.82, 2.24) is 4.98 Å². The molecule has 1 heterocycles. The van der Waals surface area contributed by atoms with Crippen LogP contribution in [-0.2, 0) is 6.61 Å². The molecular formula is C13H10ClFN2O2. The van der Waals surface area contributed by atoms with Crippen LogP contribution in [0.3, 0.4) is 0 Å². The van der Waals surface area contributed by atoms with E-state index in [0.29, 0.717) is 16.5 Å². The number of pyridine rings is 1. The summed E-state index contributed by atoms with van der Waals surface area (Å²) in [6, 6.07) is 7.08. The van der Waals surface area contributed by atoms with E-state index in [2.05, 4.69) is 4.98 Å². The highest BCUT2D eigenvalue weighted by Crippen LogP contribution is 2.17. The smallest absolute Gasteiger partial charge is 0.250 e. The summed E-state index contributed by atoms with van der Waals surface area (Å²) in [5.74, 6) is -0.711. The van der Waals surface area contributed by atoms with Gasteiger partial charge in [0.25, 0.3) is 5.91 Å². The van der Waals surface area contributed by atoms with Gasteiger partial charge in [0.05, 0.1) is 16.3 Å². The SMILES string of the molecule is NC(=O)c1cc(Cl)cnc1COc1cccc(F)c1. The van der Waals surface area contributed by atoms with Crippen molar-refractivity contribution in [2.24, 2.45) is 5.73 Å². The van der Waals surface area contributed by atoms with Gasteiger partial charge in [-0.2, -0.15) is 0 Å². The Morgan fingerprint density at radius 3 is 2.89 bits per heavy atom. The summed E-state index contributed by atoms with van der Waals surface area (Å²) in [6.45, 7) is -0.00110. The molecule has 0 bridgehead atoms. The highest BCUT2D eigenvalue weighted by atomic mass is 35.5. The fraction of sp³-hybridized carbons (Fsp3) is 0.0769. The maximum absolute atomic E-state index is 13.0.